The van der Waals surface area contributed by atoms with Crippen molar-refractivity contribution in [1.82, 2.24) is 10.2 Å². The van der Waals surface area contributed by atoms with Crippen molar-refractivity contribution in [3.63, 3.8) is 0 Å². The van der Waals surface area contributed by atoms with Crippen LogP contribution in [0, 0.1) is 6.92 Å². The van der Waals surface area contributed by atoms with Gasteiger partial charge in [-0.2, -0.15) is 0 Å². The van der Waals surface area contributed by atoms with Crippen LogP contribution < -0.4 is 9.62 Å². The molecule has 0 heterocycles. The van der Waals surface area contributed by atoms with Gasteiger partial charge in [-0.05, 0) is 67.8 Å². The van der Waals surface area contributed by atoms with Crippen molar-refractivity contribution in [2.45, 2.75) is 51.1 Å². The SMILES string of the molecule is CCCCNC(=O)C(C)N(Cc1cccc(Cl)c1)C(=O)CN(c1cccc(Cl)c1C)S(=O)(=O)c1ccccc1. The first kappa shape index (κ1) is 30.5. The summed E-state index contributed by atoms with van der Waals surface area (Å²) < 4.78 is 28.8. The zero-order chi connectivity index (χ0) is 28.6. The molecular weight excluding hydrogens is 557 g/mol. The zero-order valence-electron chi connectivity index (χ0n) is 22.2. The maximum Gasteiger partial charge on any atom is 0.264 e. The van der Waals surface area contributed by atoms with Gasteiger partial charge >= 0.3 is 0 Å². The highest BCUT2D eigenvalue weighted by atomic mass is 35.5. The summed E-state index contributed by atoms with van der Waals surface area (Å²) in [6.07, 6.45) is 1.71. The Kier molecular flexibility index (Phi) is 10.8. The normalized spacial score (nSPS) is 12.0. The van der Waals surface area contributed by atoms with Crippen LogP contribution in [0.2, 0.25) is 10.0 Å². The van der Waals surface area contributed by atoms with Crippen LogP contribution in [-0.4, -0.2) is 44.3 Å². The molecule has 1 atom stereocenters. The molecule has 0 aromatic heterocycles. The predicted octanol–water partition coefficient (Wildman–Crippen LogP) is 5.83. The highest BCUT2D eigenvalue weighted by Crippen LogP contribution is 2.31. The number of hydrogen-bond acceptors (Lipinski definition) is 4. The summed E-state index contributed by atoms with van der Waals surface area (Å²) in [5.74, 6) is -0.873. The van der Waals surface area contributed by atoms with E-state index in [4.69, 9.17) is 23.2 Å². The van der Waals surface area contributed by atoms with E-state index in [-0.39, 0.29) is 23.0 Å². The lowest BCUT2D eigenvalue weighted by molar-refractivity contribution is -0.139. The predicted molar refractivity (Wildman–Crippen MR) is 157 cm³/mol. The minimum absolute atomic E-state index is 0.0314. The number of nitrogens with one attached hydrogen (secondary N) is 1. The van der Waals surface area contributed by atoms with Crippen LogP contribution >= 0.6 is 23.2 Å². The lowest BCUT2D eigenvalue weighted by Crippen LogP contribution is -2.51. The van der Waals surface area contributed by atoms with E-state index in [9.17, 15) is 18.0 Å². The van der Waals surface area contributed by atoms with Gasteiger partial charge in [0.25, 0.3) is 10.0 Å². The van der Waals surface area contributed by atoms with Gasteiger partial charge in [-0.25, -0.2) is 8.42 Å². The van der Waals surface area contributed by atoms with Crippen molar-refractivity contribution in [3.05, 3.63) is 94.0 Å². The third kappa shape index (κ3) is 7.75. The van der Waals surface area contributed by atoms with E-state index in [1.165, 1.54) is 17.0 Å². The Balaban J connectivity index is 2.03. The Morgan fingerprint density at radius 3 is 2.33 bits per heavy atom. The van der Waals surface area contributed by atoms with Gasteiger partial charge < -0.3 is 10.2 Å². The number of benzene rings is 3. The summed E-state index contributed by atoms with van der Waals surface area (Å²) in [4.78, 5) is 28.4. The van der Waals surface area contributed by atoms with E-state index < -0.39 is 28.5 Å². The molecule has 3 aromatic rings. The van der Waals surface area contributed by atoms with Gasteiger partial charge in [-0.3, -0.25) is 13.9 Å². The van der Waals surface area contributed by atoms with Crippen LogP contribution in [0.1, 0.15) is 37.8 Å². The molecule has 7 nitrogen and oxygen atoms in total. The van der Waals surface area contributed by atoms with Crippen LogP contribution in [0.5, 0.6) is 0 Å². The average Bonchev–Trinajstić information content (AvgIpc) is 2.92. The van der Waals surface area contributed by atoms with Crippen LogP contribution in [0.3, 0.4) is 0 Å². The number of carbonyl (C=O) groups excluding carboxylic acids is 2. The lowest BCUT2D eigenvalue weighted by Gasteiger charge is -2.32. The number of amides is 2. The first-order valence-corrected chi connectivity index (χ1v) is 14.9. The second-order valence-corrected chi connectivity index (χ2v) is 11.9. The summed E-state index contributed by atoms with van der Waals surface area (Å²) in [6, 6.07) is 18.9. The van der Waals surface area contributed by atoms with E-state index in [1.807, 2.05) is 6.92 Å². The summed E-state index contributed by atoms with van der Waals surface area (Å²) >= 11 is 12.5. The molecule has 0 saturated carbocycles. The van der Waals surface area contributed by atoms with Crippen molar-refractivity contribution in [3.8, 4) is 0 Å². The molecular formula is C29H33Cl2N3O4S. The molecule has 0 saturated heterocycles. The monoisotopic (exact) mass is 589 g/mol. The molecule has 3 aromatic carbocycles. The molecule has 0 fully saturated rings. The summed E-state index contributed by atoms with van der Waals surface area (Å²) in [5, 5.41) is 3.72. The number of sulfonamides is 1. The summed E-state index contributed by atoms with van der Waals surface area (Å²) in [5.41, 5.74) is 1.50. The molecule has 0 aliphatic carbocycles. The summed E-state index contributed by atoms with van der Waals surface area (Å²) in [7, 11) is -4.16. The standard InChI is InChI=1S/C29H33Cl2N3O4S/c1-4-5-17-32-29(36)22(3)33(19-23-11-9-12-24(30)18-23)28(35)20-34(27-16-10-15-26(31)21(27)2)39(37,38)25-13-7-6-8-14-25/h6-16,18,22H,4-5,17,19-20H2,1-3H3,(H,32,36). The zero-order valence-corrected chi connectivity index (χ0v) is 24.6. The van der Waals surface area contributed by atoms with E-state index >= 15 is 0 Å². The largest absolute Gasteiger partial charge is 0.354 e. The maximum absolute atomic E-state index is 13.9. The molecule has 10 heteroatoms. The highest BCUT2D eigenvalue weighted by Gasteiger charge is 2.33. The molecule has 39 heavy (non-hydrogen) atoms. The molecule has 0 bridgehead atoms. The second kappa shape index (κ2) is 13.8. The molecule has 0 radical (unpaired) electrons. The van der Waals surface area contributed by atoms with Crippen molar-refractivity contribution in [2.75, 3.05) is 17.4 Å². The molecule has 2 amide bonds. The maximum atomic E-state index is 13.9. The molecule has 1 unspecified atom stereocenters. The van der Waals surface area contributed by atoms with Crippen LogP contribution in [0.15, 0.2) is 77.7 Å². The second-order valence-electron chi connectivity index (χ2n) is 9.18. The van der Waals surface area contributed by atoms with E-state index in [2.05, 4.69) is 5.32 Å². The molecule has 0 aliphatic rings. The quantitative estimate of drug-likeness (QED) is 0.269. The number of halogens is 2. The number of anilines is 1. The number of hydrogen-bond donors (Lipinski definition) is 1. The summed E-state index contributed by atoms with van der Waals surface area (Å²) in [6.45, 7) is 5.36. The first-order valence-electron chi connectivity index (χ1n) is 12.7. The van der Waals surface area contributed by atoms with Gasteiger partial charge in [0, 0.05) is 23.1 Å². The van der Waals surface area contributed by atoms with Crippen LogP contribution in [-0.2, 0) is 26.2 Å². The Hall–Kier alpha value is -3.07. The lowest BCUT2D eigenvalue weighted by atomic mass is 10.1. The molecule has 3 rings (SSSR count). The van der Waals surface area contributed by atoms with Crippen LogP contribution in [0.4, 0.5) is 5.69 Å². The fourth-order valence-electron chi connectivity index (χ4n) is 4.05. The fraction of sp³-hybridized carbons (Fsp3) is 0.310. The van der Waals surface area contributed by atoms with Gasteiger partial charge in [-0.1, -0.05) is 72.9 Å². The highest BCUT2D eigenvalue weighted by molar-refractivity contribution is 7.92. The Labute approximate surface area is 240 Å². The minimum atomic E-state index is -4.16. The van der Waals surface area contributed by atoms with Gasteiger partial charge in [0.2, 0.25) is 11.8 Å². The number of nitrogens with zero attached hydrogens (tertiary/aromatic N) is 2. The van der Waals surface area contributed by atoms with Crippen molar-refractivity contribution < 1.29 is 18.0 Å². The number of carbonyl (C=O) groups is 2. The van der Waals surface area contributed by atoms with Crippen molar-refractivity contribution in [1.29, 1.82) is 0 Å². The molecule has 0 aliphatic heterocycles. The smallest absolute Gasteiger partial charge is 0.264 e. The average molecular weight is 591 g/mol. The molecule has 1 N–H and O–H groups in total. The van der Waals surface area contributed by atoms with E-state index in [1.54, 1.807) is 74.5 Å². The van der Waals surface area contributed by atoms with Gasteiger partial charge in [-0.15, -0.1) is 0 Å². The third-order valence-corrected chi connectivity index (χ3v) is 8.78. The third-order valence-electron chi connectivity index (χ3n) is 6.36. The number of rotatable bonds is 12. The minimum Gasteiger partial charge on any atom is -0.354 e. The Morgan fingerprint density at radius 1 is 0.974 bits per heavy atom. The Bertz CT molecular complexity index is 1400. The molecule has 208 valence electrons. The number of unbranched alkanes of at least 4 members (excludes halogenated alkanes) is 1. The van der Waals surface area contributed by atoms with Crippen molar-refractivity contribution >= 4 is 50.7 Å². The topological polar surface area (TPSA) is 86.8 Å². The van der Waals surface area contributed by atoms with Gasteiger partial charge in [0.05, 0.1) is 10.6 Å². The van der Waals surface area contributed by atoms with E-state index in [0.717, 1.165) is 17.1 Å². The van der Waals surface area contributed by atoms with Gasteiger partial charge in [0.1, 0.15) is 12.6 Å². The van der Waals surface area contributed by atoms with Crippen molar-refractivity contribution in [2.24, 2.45) is 0 Å². The van der Waals surface area contributed by atoms with Crippen LogP contribution in [0.25, 0.3) is 0 Å². The van der Waals surface area contributed by atoms with Gasteiger partial charge in [0.15, 0.2) is 0 Å². The Morgan fingerprint density at radius 2 is 1.67 bits per heavy atom. The first-order chi connectivity index (χ1) is 18.6. The fourth-order valence-corrected chi connectivity index (χ4v) is 5.93. The van der Waals surface area contributed by atoms with E-state index in [0.29, 0.717) is 27.7 Å². The molecule has 0 spiro atoms.